The van der Waals surface area contributed by atoms with Crippen molar-refractivity contribution in [2.45, 2.75) is 26.3 Å². The van der Waals surface area contributed by atoms with Gasteiger partial charge in [0.2, 0.25) is 6.73 Å². The molecule has 0 radical (unpaired) electrons. The number of nitrogens with zero attached hydrogens (tertiary/aromatic N) is 3. The molecule has 1 aromatic carbocycles. The molecule has 20 heavy (non-hydrogen) atoms. The highest BCUT2D eigenvalue weighted by molar-refractivity contribution is 5.54. The van der Waals surface area contributed by atoms with Gasteiger partial charge in [0.25, 0.3) is 0 Å². The molecule has 2 rings (SSSR count). The number of benzene rings is 1. The molecule has 1 aliphatic heterocycles. The molecule has 1 aromatic rings. The minimum atomic E-state index is -0.125. The molecule has 5 nitrogen and oxygen atoms in total. The molecular weight excluding hydrogens is 254 g/mol. The van der Waals surface area contributed by atoms with E-state index in [-0.39, 0.29) is 12.3 Å². The Kier molecular flexibility index (Phi) is 4.30. The van der Waals surface area contributed by atoms with Crippen LogP contribution in [0.4, 0.5) is 0 Å². The van der Waals surface area contributed by atoms with Crippen molar-refractivity contribution in [1.29, 1.82) is 0 Å². The Hall–Kier alpha value is -1.59. The number of hydrogen-bond donors (Lipinski definition) is 1. The summed E-state index contributed by atoms with van der Waals surface area (Å²) in [7, 11) is 0. The van der Waals surface area contributed by atoms with Crippen LogP contribution in [0.25, 0.3) is 0 Å². The smallest absolute Gasteiger partial charge is 0.206 e. The molecule has 0 aromatic heterocycles. The number of ether oxygens (including phenoxy) is 1. The van der Waals surface area contributed by atoms with Crippen molar-refractivity contribution in [2.24, 2.45) is 5.10 Å². The van der Waals surface area contributed by atoms with Crippen molar-refractivity contribution in [2.75, 3.05) is 26.6 Å². The maximum atomic E-state index is 9.67. The van der Waals surface area contributed by atoms with E-state index in [0.29, 0.717) is 17.9 Å². The van der Waals surface area contributed by atoms with Crippen molar-refractivity contribution in [3.63, 3.8) is 0 Å². The SMILES string of the molecule is CC(C)(C)[N+]1(CO)CN(CCOc2ccccc2)C=N1. The predicted octanol–water partition coefficient (Wildman–Crippen LogP) is 1.85. The highest BCUT2D eigenvalue weighted by atomic mass is 16.5. The Labute approximate surface area is 120 Å². The van der Waals surface area contributed by atoms with Crippen LogP contribution in [0.15, 0.2) is 35.4 Å². The molecule has 1 atom stereocenters. The molecule has 0 amide bonds. The van der Waals surface area contributed by atoms with Crippen LogP contribution in [0.2, 0.25) is 0 Å². The third kappa shape index (κ3) is 3.11. The van der Waals surface area contributed by atoms with Crippen molar-refractivity contribution >= 4 is 6.34 Å². The first-order valence-electron chi connectivity index (χ1n) is 6.92. The zero-order valence-electron chi connectivity index (χ0n) is 12.5. The van der Waals surface area contributed by atoms with Gasteiger partial charge in [-0.2, -0.15) is 4.59 Å². The van der Waals surface area contributed by atoms with Gasteiger partial charge in [-0.3, -0.25) is 0 Å². The van der Waals surface area contributed by atoms with Crippen LogP contribution < -0.4 is 4.74 Å². The van der Waals surface area contributed by atoms with Crippen LogP contribution in [0.1, 0.15) is 20.8 Å². The number of quaternary nitrogens is 1. The van der Waals surface area contributed by atoms with E-state index in [2.05, 4.69) is 30.8 Å². The first-order chi connectivity index (χ1) is 9.47. The zero-order valence-corrected chi connectivity index (χ0v) is 12.5. The topological polar surface area (TPSA) is 45.1 Å². The lowest BCUT2D eigenvalue weighted by atomic mass is 10.1. The van der Waals surface area contributed by atoms with Crippen molar-refractivity contribution < 1.29 is 14.4 Å². The monoisotopic (exact) mass is 278 g/mol. The molecule has 1 N–H and O–H groups in total. The summed E-state index contributed by atoms with van der Waals surface area (Å²) < 4.78 is 6.00. The van der Waals surface area contributed by atoms with E-state index < -0.39 is 0 Å². The number of hydrogen-bond acceptors (Lipinski definition) is 4. The Balaban J connectivity index is 1.84. The van der Waals surface area contributed by atoms with Gasteiger partial charge in [-0.25, -0.2) is 0 Å². The normalized spacial score (nSPS) is 22.3. The lowest BCUT2D eigenvalue weighted by Crippen LogP contribution is -2.57. The first kappa shape index (κ1) is 14.8. The molecule has 1 aliphatic rings. The Morgan fingerprint density at radius 3 is 2.55 bits per heavy atom. The largest absolute Gasteiger partial charge is 0.492 e. The van der Waals surface area contributed by atoms with E-state index in [4.69, 9.17) is 4.74 Å². The van der Waals surface area contributed by atoms with E-state index in [9.17, 15) is 5.11 Å². The van der Waals surface area contributed by atoms with Crippen LogP contribution in [-0.4, -0.2) is 53.0 Å². The summed E-state index contributed by atoms with van der Waals surface area (Å²) in [5.41, 5.74) is -0.125. The van der Waals surface area contributed by atoms with Gasteiger partial charge in [-0.05, 0) is 32.9 Å². The predicted molar refractivity (Wildman–Crippen MR) is 79.1 cm³/mol. The average Bonchev–Trinajstić information content (AvgIpc) is 2.84. The average molecular weight is 278 g/mol. The number of aliphatic hydroxyl groups excluding tert-OH is 1. The van der Waals surface area contributed by atoms with Gasteiger partial charge in [0.1, 0.15) is 17.9 Å². The van der Waals surface area contributed by atoms with Gasteiger partial charge < -0.3 is 14.7 Å². The number of aliphatic hydroxyl groups is 1. The number of rotatable bonds is 5. The molecular formula is C15H24N3O2+. The van der Waals surface area contributed by atoms with Crippen LogP contribution in [-0.2, 0) is 0 Å². The summed E-state index contributed by atoms with van der Waals surface area (Å²) in [6.45, 7) is 8.31. The summed E-state index contributed by atoms with van der Waals surface area (Å²) in [5, 5.41) is 14.2. The number of para-hydroxylation sites is 1. The van der Waals surface area contributed by atoms with Crippen LogP contribution >= 0.6 is 0 Å². The molecule has 110 valence electrons. The summed E-state index contributed by atoms with van der Waals surface area (Å²) in [6, 6.07) is 9.78. The fraction of sp³-hybridized carbons (Fsp3) is 0.533. The lowest BCUT2D eigenvalue weighted by Gasteiger charge is -2.38. The fourth-order valence-corrected chi connectivity index (χ4v) is 2.15. The lowest BCUT2D eigenvalue weighted by molar-refractivity contribution is -0.992. The Bertz CT molecular complexity index is 456. The van der Waals surface area contributed by atoms with Gasteiger partial charge in [0, 0.05) is 0 Å². The fourth-order valence-electron chi connectivity index (χ4n) is 2.15. The van der Waals surface area contributed by atoms with Crippen molar-refractivity contribution in [3.05, 3.63) is 30.3 Å². The van der Waals surface area contributed by atoms with Crippen molar-refractivity contribution in [1.82, 2.24) is 4.90 Å². The molecule has 0 spiro atoms. The summed E-state index contributed by atoms with van der Waals surface area (Å²) in [6.07, 6.45) is 1.82. The summed E-state index contributed by atoms with van der Waals surface area (Å²) in [5.74, 6) is 0.877. The van der Waals surface area contributed by atoms with E-state index in [0.717, 1.165) is 12.3 Å². The van der Waals surface area contributed by atoms with E-state index in [1.54, 1.807) is 0 Å². The standard InChI is InChI=1S/C15H24N3O2/c1-15(2,3)18(13-19)12-17(11-16-18)9-10-20-14-7-5-4-6-8-14/h4-8,11,19H,9-10,12-13H2,1-3H3/q+1. The third-order valence-electron chi connectivity index (χ3n) is 3.72. The Morgan fingerprint density at radius 1 is 1.30 bits per heavy atom. The van der Waals surface area contributed by atoms with Gasteiger partial charge in [0.05, 0.1) is 6.54 Å². The molecule has 0 bridgehead atoms. The molecule has 1 unspecified atom stereocenters. The molecule has 0 fully saturated rings. The van der Waals surface area contributed by atoms with Crippen LogP contribution in [0.5, 0.6) is 5.75 Å². The second-order valence-corrected chi connectivity index (χ2v) is 6.08. The maximum Gasteiger partial charge on any atom is 0.206 e. The highest BCUT2D eigenvalue weighted by Crippen LogP contribution is 2.28. The second kappa shape index (κ2) is 5.81. The van der Waals surface area contributed by atoms with Gasteiger partial charge >= 0.3 is 0 Å². The Morgan fingerprint density at radius 2 is 2.00 bits per heavy atom. The zero-order chi connectivity index (χ0) is 14.6. The maximum absolute atomic E-state index is 9.67. The van der Waals surface area contributed by atoms with Gasteiger partial charge in [-0.15, -0.1) is 0 Å². The van der Waals surface area contributed by atoms with Crippen LogP contribution in [0, 0.1) is 0 Å². The molecule has 0 aliphatic carbocycles. The van der Waals surface area contributed by atoms with E-state index >= 15 is 0 Å². The first-order valence-corrected chi connectivity index (χ1v) is 6.92. The third-order valence-corrected chi connectivity index (χ3v) is 3.72. The molecule has 5 heteroatoms. The van der Waals surface area contributed by atoms with E-state index in [1.807, 2.05) is 36.7 Å². The molecule has 0 saturated heterocycles. The summed E-state index contributed by atoms with van der Waals surface area (Å²) >= 11 is 0. The highest BCUT2D eigenvalue weighted by Gasteiger charge is 2.45. The minimum Gasteiger partial charge on any atom is -0.492 e. The molecule has 1 heterocycles. The van der Waals surface area contributed by atoms with E-state index in [1.165, 1.54) is 0 Å². The molecule has 0 saturated carbocycles. The van der Waals surface area contributed by atoms with Crippen molar-refractivity contribution in [3.8, 4) is 5.75 Å². The minimum absolute atomic E-state index is 0.00996. The summed E-state index contributed by atoms with van der Waals surface area (Å²) in [4.78, 5) is 2.09. The van der Waals surface area contributed by atoms with Crippen LogP contribution in [0.3, 0.4) is 0 Å². The second-order valence-electron chi connectivity index (χ2n) is 6.08. The van der Waals surface area contributed by atoms with Gasteiger partial charge in [0.15, 0.2) is 13.0 Å². The quantitative estimate of drug-likeness (QED) is 0.836. The van der Waals surface area contributed by atoms with Gasteiger partial charge in [-0.1, -0.05) is 23.3 Å².